The summed E-state index contributed by atoms with van der Waals surface area (Å²) in [5, 5.41) is 3.30. The quantitative estimate of drug-likeness (QED) is 0.872. The van der Waals surface area contributed by atoms with Crippen LogP contribution in [-0.4, -0.2) is 7.05 Å². The van der Waals surface area contributed by atoms with Gasteiger partial charge in [0.15, 0.2) is 4.67 Å². The molecule has 0 spiro atoms. The Morgan fingerprint density at radius 3 is 2.64 bits per heavy atom. The molecule has 2 atom stereocenters. The zero-order chi connectivity index (χ0) is 10.6. The molecule has 0 amide bonds. The summed E-state index contributed by atoms with van der Waals surface area (Å²) >= 11 is 3.32. The van der Waals surface area contributed by atoms with Crippen molar-refractivity contribution in [3.8, 4) is 0 Å². The molecule has 0 saturated carbocycles. The molecule has 2 unspecified atom stereocenters. The highest BCUT2D eigenvalue weighted by atomic mass is 79.9. The molecule has 3 heteroatoms. The lowest BCUT2D eigenvalue weighted by molar-refractivity contribution is 0.321. The van der Waals surface area contributed by atoms with Crippen LogP contribution in [-0.2, 0) is 0 Å². The number of halogens is 1. The van der Waals surface area contributed by atoms with E-state index in [1.807, 2.05) is 19.2 Å². The second-order valence-electron chi connectivity index (χ2n) is 3.67. The normalized spacial score (nSPS) is 15.4. The molecule has 1 aromatic rings. The van der Waals surface area contributed by atoms with E-state index in [0.29, 0.717) is 12.0 Å². The zero-order valence-electron chi connectivity index (χ0n) is 9.01. The number of hydrogen-bond acceptors (Lipinski definition) is 2. The lowest BCUT2D eigenvalue weighted by Gasteiger charge is -2.20. The minimum Gasteiger partial charge on any atom is -0.453 e. The molecule has 0 aliphatic rings. The van der Waals surface area contributed by atoms with Gasteiger partial charge in [0.2, 0.25) is 0 Å². The molecule has 0 aromatic carbocycles. The van der Waals surface area contributed by atoms with Crippen LogP contribution in [0.2, 0.25) is 0 Å². The fourth-order valence-corrected chi connectivity index (χ4v) is 2.14. The Morgan fingerprint density at radius 2 is 2.21 bits per heavy atom. The zero-order valence-corrected chi connectivity index (χ0v) is 10.6. The average molecular weight is 260 g/mol. The van der Waals surface area contributed by atoms with Gasteiger partial charge in [0, 0.05) is 0 Å². The maximum atomic E-state index is 5.56. The van der Waals surface area contributed by atoms with E-state index < -0.39 is 0 Å². The highest BCUT2D eigenvalue weighted by Crippen LogP contribution is 2.28. The van der Waals surface area contributed by atoms with Crippen LogP contribution in [0.25, 0.3) is 0 Å². The van der Waals surface area contributed by atoms with E-state index in [0.717, 1.165) is 10.4 Å². The predicted octanol–water partition coefficient (Wildman–Crippen LogP) is 3.74. The van der Waals surface area contributed by atoms with Crippen molar-refractivity contribution < 1.29 is 4.42 Å². The summed E-state index contributed by atoms with van der Waals surface area (Å²) in [5.41, 5.74) is 0. The Bertz CT molecular complexity index is 272. The summed E-state index contributed by atoms with van der Waals surface area (Å²) < 4.78 is 6.36. The second-order valence-corrected chi connectivity index (χ2v) is 4.46. The van der Waals surface area contributed by atoms with Crippen molar-refractivity contribution in [2.45, 2.75) is 32.7 Å². The Morgan fingerprint density at radius 1 is 1.50 bits per heavy atom. The van der Waals surface area contributed by atoms with Crippen molar-refractivity contribution in [3.63, 3.8) is 0 Å². The molecule has 0 radical (unpaired) electrons. The van der Waals surface area contributed by atoms with E-state index in [4.69, 9.17) is 4.42 Å². The van der Waals surface area contributed by atoms with E-state index in [1.165, 1.54) is 12.8 Å². The second kappa shape index (κ2) is 5.56. The van der Waals surface area contributed by atoms with E-state index in [-0.39, 0.29) is 0 Å². The fraction of sp³-hybridized carbons (Fsp3) is 0.636. The third kappa shape index (κ3) is 2.85. The molecular formula is C11H18BrNO. The van der Waals surface area contributed by atoms with Gasteiger partial charge in [0.05, 0.1) is 6.04 Å². The first kappa shape index (κ1) is 11.8. The van der Waals surface area contributed by atoms with Crippen LogP contribution in [0.15, 0.2) is 21.2 Å². The SMILES string of the molecule is CCCC(C)C(NC)c1ccc(Br)o1. The Hall–Kier alpha value is -0.280. The maximum Gasteiger partial charge on any atom is 0.169 e. The first-order valence-electron chi connectivity index (χ1n) is 5.11. The van der Waals surface area contributed by atoms with E-state index in [2.05, 4.69) is 35.1 Å². The molecule has 1 heterocycles. The first-order valence-corrected chi connectivity index (χ1v) is 5.90. The summed E-state index contributed by atoms with van der Waals surface area (Å²) in [4.78, 5) is 0. The molecule has 2 nitrogen and oxygen atoms in total. The minimum absolute atomic E-state index is 0.321. The van der Waals surface area contributed by atoms with Crippen molar-refractivity contribution in [2.75, 3.05) is 7.05 Å². The Kier molecular flexibility index (Phi) is 4.69. The van der Waals surface area contributed by atoms with Crippen molar-refractivity contribution in [3.05, 3.63) is 22.6 Å². The monoisotopic (exact) mass is 259 g/mol. The molecule has 0 fully saturated rings. The number of nitrogens with one attached hydrogen (secondary N) is 1. The van der Waals surface area contributed by atoms with Crippen LogP contribution in [0.1, 0.15) is 38.5 Å². The minimum atomic E-state index is 0.321. The molecular weight excluding hydrogens is 242 g/mol. The third-order valence-corrected chi connectivity index (χ3v) is 2.95. The van der Waals surface area contributed by atoms with Gasteiger partial charge in [-0.25, -0.2) is 0 Å². The van der Waals surface area contributed by atoms with E-state index >= 15 is 0 Å². The molecule has 14 heavy (non-hydrogen) atoms. The number of furan rings is 1. The lowest BCUT2D eigenvalue weighted by Crippen LogP contribution is -2.22. The largest absolute Gasteiger partial charge is 0.453 e. The highest BCUT2D eigenvalue weighted by Gasteiger charge is 2.19. The summed E-state index contributed by atoms with van der Waals surface area (Å²) in [6.45, 7) is 4.46. The van der Waals surface area contributed by atoms with Gasteiger partial charge in [-0.15, -0.1) is 0 Å². The van der Waals surface area contributed by atoms with Crippen molar-refractivity contribution in [1.82, 2.24) is 5.32 Å². The maximum absolute atomic E-state index is 5.56. The smallest absolute Gasteiger partial charge is 0.169 e. The van der Waals surface area contributed by atoms with Gasteiger partial charge in [-0.05, 0) is 47.4 Å². The van der Waals surface area contributed by atoms with Gasteiger partial charge in [-0.3, -0.25) is 0 Å². The van der Waals surface area contributed by atoms with Gasteiger partial charge in [-0.1, -0.05) is 20.3 Å². The topological polar surface area (TPSA) is 25.2 Å². The Labute approximate surface area is 94.2 Å². The van der Waals surface area contributed by atoms with Crippen molar-refractivity contribution >= 4 is 15.9 Å². The fourth-order valence-electron chi connectivity index (χ4n) is 1.82. The van der Waals surface area contributed by atoms with Gasteiger partial charge in [-0.2, -0.15) is 0 Å². The predicted molar refractivity (Wildman–Crippen MR) is 62.3 cm³/mol. The van der Waals surface area contributed by atoms with Gasteiger partial charge >= 0.3 is 0 Å². The number of rotatable bonds is 5. The molecule has 1 aromatic heterocycles. The molecule has 0 bridgehead atoms. The first-order chi connectivity index (χ1) is 6.69. The summed E-state index contributed by atoms with van der Waals surface area (Å²) in [7, 11) is 1.98. The van der Waals surface area contributed by atoms with Gasteiger partial charge < -0.3 is 9.73 Å². The summed E-state index contributed by atoms with van der Waals surface area (Å²) in [6.07, 6.45) is 2.42. The molecule has 0 aliphatic heterocycles. The Balaban J connectivity index is 2.71. The third-order valence-electron chi connectivity index (χ3n) is 2.52. The van der Waals surface area contributed by atoms with Crippen LogP contribution >= 0.6 is 15.9 Å². The van der Waals surface area contributed by atoms with Gasteiger partial charge in [0.1, 0.15) is 5.76 Å². The van der Waals surface area contributed by atoms with Crippen molar-refractivity contribution in [2.24, 2.45) is 5.92 Å². The van der Waals surface area contributed by atoms with Crippen LogP contribution in [0.4, 0.5) is 0 Å². The molecule has 80 valence electrons. The summed E-state index contributed by atoms with van der Waals surface area (Å²) in [6, 6.07) is 4.29. The lowest BCUT2D eigenvalue weighted by atomic mass is 9.95. The van der Waals surface area contributed by atoms with Crippen molar-refractivity contribution in [1.29, 1.82) is 0 Å². The van der Waals surface area contributed by atoms with Crippen LogP contribution in [0, 0.1) is 5.92 Å². The van der Waals surface area contributed by atoms with Crippen LogP contribution < -0.4 is 5.32 Å². The summed E-state index contributed by atoms with van der Waals surface area (Å²) in [5.74, 6) is 1.61. The van der Waals surface area contributed by atoms with E-state index in [9.17, 15) is 0 Å². The molecule has 0 aliphatic carbocycles. The number of hydrogen-bond donors (Lipinski definition) is 1. The molecule has 1 N–H and O–H groups in total. The molecule has 0 saturated heterocycles. The van der Waals surface area contributed by atoms with E-state index in [1.54, 1.807) is 0 Å². The van der Waals surface area contributed by atoms with Crippen LogP contribution in [0.5, 0.6) is 0 Å². The molecule has 1 rings (SSSR count). The van der Waals surface area contributed by atoms with Gasteiger partial charge in [0.25, 0.3) is 0 Å². The van der Waals surface area contributed by atoms with Crippen LogP contribution in [0.3, 0.4) is 0 Å². The average Bonchev–Trinajstić information content (AvgIpc) is 2.54. The standard InChI is InChI=1S/C11H18BrNO/c1-4-5-8(2)11(13-3)9-6-7-10(12)14-9/h6-8,11,13H,4-5H2,1-3H3. The highest BCUT2D eigenvalue weighted by molar-refractivity contribution is 9.10.